The van der Waals surface area contributed by atoms with Gasteiger partial charge in [-0.2, -0.15) is 13.2 Å². The molecule has 2 atom stereocenters. The van der Waals surface area contributed by atoms with Crippen molar-refractivity contribution in [1.29, 1.82) is 0 Å². The number of carbonyl (C=O) groups is 1. The fourth-order valence-electron chi connectivity index (χ4n) is 0.757. The number of nitrogens with two attached hydrogens (primary N) is 1. The normalized spacial score (nSPS) is 18.5. The quantitative estimate of drug-likeness (QED) is 0.724. The van der Waals surface area contributed by atoms with Crippen LogP contribution >= 0.6 is 0 Å². The molecule has 0 fully saturated rings. The molecule has 14 heavy (non-hydrogen) atoms. The number of alkyl halides is 3. The first kappa shape index (κ1) is 13.2. The van der Waals surface area contributed by atoms with E-state index >= 15 is 0 Å². The number of rotatable bonds is 3. The smallest absolute Gasteiger partial charge is 0.451 e. The maximum atomic E-state index is 11.9. The maximum absolute atomic E-state index is 11.9. The van der Waals surface area contributed by atoms with E-state index < -0.39 is 23.8 Å². The van der Waals surface area contributed by atoms with Gasteiger partial charge in [0.25, 0.3) is 0 Å². The third kappa shape index (κ3) is 3.17. The molecule has 0 rings (SSSR count). The van der Waals surface area contributed by atoms with Crippen molar-refractivity contribution in [2.24, 2.45) is 5.73 Å². The topological polar surface area (TPSA) is 52.3 Å². The Labute approximate surface area is 80.4 Å². The van der Waals surface area contributed by atoms with Crippen molar-refractivity contribution < 1.29 is 22.7 Å². The van der Waals surface area contributed by atoms with Crippen molar-refractivity contribution in [2.45, 2.75) is 45.0 Å². The van der Waals surface area contributed by atoms with E-state index in [4.69, 9.17) is 5.73 Å². The largest absolute Gasteiger partial charge is 0.490 e. The van der Waals surface area contributed by atoms with Gasteiger partial charge in [0.1, 0.15) is 5.60 Å². The van der Waals surface area contributed by atoms with Crippen molar-refractivity contribution in [3.63, 3.8) is 0 Å². The lowest BCUT2D eigenvalue weighted by molar-refractivity contribution is -0.214. The van der Waals surface area contributed by atoms with Crippen LogP contribution in [-0.4, -0.2) is 23.8 Å². The second-order valence-corrected chi connectivity index (χ2v) is 3.34. The van der Waals surface area contributed by atoms with Crippen molar-refractivity contribution in [1.82, 2.24) is 0 Å². The predicted molar refractivity (Wildman–Crippen MR) is 44.5 cm³/mol. The predicted octanol–water partition coefficient (Wildman–Crippen LogP) is 1.61. The lowest BCUT2D eigenvalue weighted by atomic mass is 9.95. The Hall–Kier alpha value is -0.780. The minimum atomic E-state index is -4.97. The summed E-state index contributed by atoms with van der Waals surface area (Å²) in [5.74, 6) is -2.20. The van der Waals surface area contributed by atoms with Gasteiger partial charge in [-0.3, -0.25) is 0 Å². The van der Waals surface area contributed by atoms with Crippen molar-refractivity contribution >= 4 is 5.97 Å². The highest BCUT2D eigenvalue weighted by Gasteiger charge is 2.45. The Morgan fingerprint density at radius 2 is 1.93 bits per heavy atom. The fraction of sp³-hybridized carbons (Fsp3) is 0.875. The van der Waals surface area contributed by atoms with Crippen molar-refractivity contribution in [3.8, 4) is 0 Å². The number of halogens is 3. The summed E-state index contributed by atoms with van der Waals surface area (Å²) in [5.41, 5.74) is 4.16. The molecule has 0 heterocycles. The zero-order valence-corrected chi connectivity index (χ0v) is 8.31. The standard InChI is InChI=1S/C8H14F3NO2/c1-4-7(3,5(2)12)14-6(13)8(9,10)11/h5H,4,12H2,1-3H3/t5-,7-/m0/s1. The van der Waals surface area contributed by atoms with E-state index in [1.165, 1.54) is 13.8 Å². The molecular weight excluding hydrogens is 199 g/mol. The Morgan fingerprint density at radius 3 is 2.14 bits per heavy atom. The Kier molecular flexibility index (Phi) is 3.93. The highest BCUT2D eigenvalue weighted by Crippen LogP contribution is 2.25. The van der Waals surface area contributed by atoms with Crippen molar-refractivity contribution in [3.05, 3.63) is 0 Å². The molecule has 2 N–H and O–H groups in total. The summed E-state index contributed by atoms with van der Waals surface area (Å²) in [4.78, 5) is 10.5. The lowest BCUT2D eigenvalue weighted by Crippen LogP contribution is -2.48. The van der Waals surface area contributed by atoms with Gasteiger partial charge >= 0.3 is 12.1 Å². The molecule has 3 nitrogen and oxygen atoms in total. The van der Waals surface area contributed by atoms with Gasteiger partial charge in [-0.15, -0.1) is 0 Å². The molecule has 0 amide bonds. The average Bonchev–Trinajstić information content (AvgIpc) is 2.02. The molecule has 0 aliphatic heterocycles. The summed E-state index contributed by atoms with van der Waals surface area (Å²) in [6.45, 7) is 4.47. The molecule has 0 aliphatic rings. The molecule has 0 aromatic carbocycles. The molecule has 6 heteroatoms. The zero-order chi connectivity index (χ0) is 11.6. The van der Waals surface area contributed by atoms with Gasteiger partial charge in [0.2, 0.25) is 0 Å². The molecule has 0 radical (unpaired) electrons. The summed E-state index contributed by atoms with van der Waals surface area (Å²) in [5, 5.41) is 0. The van der Waals surface area contributed by atoms with Gasteiger partial charge in [0.05, 0.1) is 0 Å². The number of carbonyl (C=O) groups excluding carboxylic acids is 1. The Morgan fingerprint density at radius 1 is 1.50 bits per heavy atom. The minimum absolute atomic E-state index is 0.229. The highest BCUT2D eigenvalue weighted by atomic mass is 19.4. The van der Waals surface area contributed by atoms with Crippen LogP contribution in [0.2, 0.25) is 0 Å². The summed E-state index contributed by atoms with van der Waals surface area (Å²) in [6.07, 6.45) is -4.74. The van der Waals surface area contributed by atoms with E-state index in [1.54, 1.807) is 6.92 Å². The molecule has 0 bridgehead atoms. The summed E-state index contributed by atoms with van der Waals surface area (Å²) < 4.78 is 39.9. The molecule has 0 saturated carbocycles. The Bertz CT molecular complexity index is 215. The van der Waals surface area contributed by atoms with Crippen LogP contribution in [0, 0.1) is 0 Å². The van der Waals surface area contributed by atoms with Gasteiger partial charge < -0.3 is 10.5 Å². The highest BCUT2D eigenvalue weighted by molar-refractivity contribution is 5.76. The second-order valence-electron chi connectivity index (χ2n) is 3.34. The molecule has 0 unspecified atom stereocenters. The SMILES string of the molecule is CC[C@](C)(OC(=O)C(F)(F)F)[C@H](C)N. The first-order chi connectivity index (χ1) is 6.13. The summed E-state index contributed by atoms with van der Waals surface area (Å²) in [6, 6.07) is -0.654. The first-order valence-corrected chi connectivity index (χ1v) is 4.19. The van der Waals surface area contributed by atoms with Crippen LogP contribution in [-0.2, 0) is 9.53 Å². The maximum Gasteiger partial charge on any atom is 0.490 e. The molecule has 0 aliphatic carbocycles. The summed E-state index contributed by atoms with van der Waals surface area (Å²) in [7, 11) is 0. The van der Waals surface area contributed by atoms with Gasteiger partial charge in [-0.25, -0.2) is 4.79 Å². The average molecular weight is 213 g/mol. The van der Waals surface area contributed by atoms with Gasteiger partial charge in [0, 0.05) is 6.04 Å². The van der Waals surface area contributed by atoms with E-state index in [0.717, 1.165) is 0 Å². The van der Waals surface area contributed by atoms with Gasteiger partial charge in [0.15, 0.2) is 0 Å². The number of esters is 1. The van der Waals surface area contributed by atoms with Crippen LogP contribution in [0.25, 0.3) is 0 Å². The minimum Gasteiger partial charge on any atom is -0.451 e. The third-order valence-corrected chi connectivity index (χ3v) is 2.22. The molecule has 0 aromatic heterocycles. The van der Waals surface area contributed by atoms with Crippen LogP contribution in [0.5, 0.6) is 0 Å². The van der Waals surface area contributed by atoms with E-state index in [0.29, 0.717) is 0 Å². The lowest BCUT2D eigenvalue weighted by Gasteiger charge is -2.32. The number of ether oxygens (including phenoxy) is 1. The van der Waals surface area contributed by atoms with Crippen LogP contribution in [0.15, 0.2) is 0 Å². The molecule has 0 spiro atoms. The van der Waals surface area contributed by atoms with Crippen LogP contribution in [0.1, 0.15) is 27.2 Å². The van der Waals surface area contributed by atoms with E-state index in [-0.39, 0.29) is 6.42 Å². The monoisotopic (exact) mass is 213 g/mol. The molecular formula is C8H14F3NO2. The second kappa shape index (κ2) is 4.16. The van der Waals surface area contributed by atoms with E-state index in [9.17, 15) is 18.0 Å². The van der Waals surface area contributed by atoms with Crippen molar-refractivity contribution in [2.75, 3.05) is 0 Å². The van der Waals surface area contributed by atoms with Gasteiger partial charge in [-0.05, 0) is 20.3 Å². The number of hydrogen-bond donors (Lipinski definition) is 1. The zero-order valence-electron chi connectivity index (χ0n) is 8.31. The Balaban J connectivity index is 4.56. The van der Waals surface area contributed by atoms with E-state index in [1.807, 2.05) is 0 Å². The fourth-order valence-corrected chi connectivity index (χ4v) is 0.757. The van der Waals surface area contributed by atoms with Crippen LogP contribution < -0.4 is 5.73 Å². The molecule has 0 aromatic rings. The number of hydrogen-bond acceptors (Lipinski definition) is 3. The first-order valence-electron chi connectivity index (χ1n) is 4.19. The van der Waals surface area contributed by atoms with Crippen LogP contribution in [0.3, 0.4) is 0 Å². The molecule has 0 saturated heterocycles. The van der Waals surface area contributed by atoms with Crippen LogP contribution in [0.4, 0.5) is 13.2 Å². The molecule has 84 valence electrons. The van der Waals surface area contributed by atoms with Gasteiger partial charge in [-0.1, -0.05) is 6.92 Å². The summed E-state index contributed by atoms with van der Waals surface area (Å²) >= 11 is 0. The third-order valence-electron chi connectivity index (χ3n) is 2.22. The van der Waals surface area contributed by atoms with E-state index in [2.05, 4.69) is 4.74 Å².